The van der Waals surface area contributed by atoms with Crippen LogP contribution in [0.3, 0.4) is 0 Å². The second-order valence-corrected chi connectivity index (χ2v) is 9.89. The lowest BCUT2D eigenvalue weighted by molar-refractivity contribution is -0.686. The van der Waals surface area contributed by atoms with E-state index in [2.05, 4.69) is 133 Å². The monoisotopic (exact) mass is 464 g/mol. The first kappa shape index (κ1) is 21.0. The van der Waals surface area contributed by atoms with Gasteiger partial charge in [0.2, 0.25) is 11.4 Å². The third kappa shape index (κ3) is 3.11. The highest BCUT2D eigenvalue weighted by Crippen LogP contribution is 2.45. The van der Waals surface area contributed by atoms with E-state index in [0.29, 0.717) is 0 Å². The first-order valence-electron chi connectivity index (χ1n) is 12.7. The molecule has 0 amide bonds. The zero-order valence-electron chi connectivity index (χ0n) is 20.7. The fourth-order valence-electron chi connectivity index (χ4n) is 6.14. The van der Waals surface area contributed by atoms with E-state index in [9.17, 15) is 0 Å². The van der Waals surface area contributed by atoms with Crippen LogP contribution in [0.15, 0.2) is 109 Å². The second-order valence-electron chi connectivity index (χ2n) is 9.89. The zero-order chi connectivity index (χ0) is 24.2. The number of aromatic nitrogens is 2. The van der Waals surface area contributed by atoms with Gasteiger partial charge in [-0.2, -0.15) is 4.57 Å². The van der Waals surface area contributed by atoms with Gasteiger partial charge in [0.15, 0.2) is 18.9 Å². The van der Waals surface area contributed by atoms with Crippen LogP contribution < -0.4 is 9.13 Å². The lowest BCUT2D eigenvalue weighted by Crippen LogP contribution is -2.41. The topological polar surface area (TPSA) is 7.76 Å². The number of hydrogen-bond donors (Lipinski definition) is 0. The van der Waals surface area contributed by atoms with Crippen LogP contribution in [-0.2, 0) is 20.0 Å². The van der Waals surface area contributed by atoms with Gasteiger partial charge < -0.3 is 0 Å². The Balaban J connectivity index is 1.69. The molecule has 2 nitrogen and oxygen atoms in total. The molecule has 6 aromatic rings. The van der Waals surface area contributed by atoms with Crippen molar-refractivity contribution >= 4 is 21.5 Å². The smallest absolute Gasteiger partial charge is 0.200 e. The molecule has 0 saturated carbocycles. The van der Waals surface area contributed by atoms with Crippen LogP contribution in [0, 0.1) is 6.92 Å². The van der Waals surface area contributed by atoms with Crippen molar-refractivity contribution in [3.63, 3.8) is 0 Å². The maximum atomic E-state index is 2.47. The molecular formula is C34H28N2+2. The molecule has 7 rings (SSSR count). The minimum absolute atomic E-state index is 0.983. The zero-order valence-corrected chi connectivity index (χ0v) is 20.7. The first-order chi connectivity index (χ1) is 17.7. The number of benzene rings is 4. The Morgan fingerprint density at radius 2 is 1.28 bits per heavy atom. The summed E-state index contributed by atoms with van der Waals surface area (Å²) >= 11 is 0. The van der Waals surface area contributed by atoms with E-state index in [1.54, 1.807) is 0 Å². The first-order valence-corrected chi connectivity index (χ1v) is 12.7. The van der Waals surface area contributed by atoms with Crippen molar-refractivity contribution in [3.8, 4) is 33.6 Å². The summed E-state index contributed by atoms with van der Waals surface area (Å²) in [6, 6.07) is 35.4. The molecule has 0 unspecified atom stereocenters. The van der Waals surface area contributed by atoms with E-state index in [4.69, 9.17) is 0 Å². The van der Waals surface area contributed by atoms with Crippen LogP contribution in [0.1, 0.15) is 11.1 Å². The minimum atomic E-state index is 0.983. The van der Waals surface area contributed by atoms with Gasteiger partial charge in [-0.05, 0) is 52.1 Å². The molecule has 2 aromatic heterocycles. The Morgan fingerprint density at radius 3 is 2.03 bits per heavy atom. The minimum Gasteiger partial charge on any atom is -0.200 e. The maximum Gasteiger partial charge on any atom is 0.221 e. The molecule has 3 heterocycles. The van der Waals surface area contributed by atoms with E-state index in [-0.39, 0.29) is 0 Å². The Morgan fingerprint density at radius 1 is 0.639 bits per heavy atom. The van der Waals surface area contributed by atoms with Crippen molar-refractivity contribution in [2.24, 2.45) is 7.05 Å². The predicted molar refractivity (Wildman–Crippen MR) is 148 cm³/mol. The summed E-state index contributed by atoms with van der Waals surface area (Å²) < 4.78 is 4.77. The van der Waals surface area contributed by atoms with E-state index in [0.717, 1.165) is 13.0 Å². The Labute approximate surface area is 211 Å². The van der Waals surface area contributed by atoms with E-state index >= 15 is 0 Å². The normalized spacial score (nSPS) is 12.5. The quantitative estimate of drug-likeness (QED) is 0.245. The number of rotatable bonds is 2. The lowest BCUT2D eigenvalue weighted by Gasteiger charge is -2.24. The molecule has 1 aliphatic rings. The van der Waals surface area contributed by atoms with Gasteiger partial charge in [-0.3, -0.25) is 0 Å². The van der Waals surface area contributed by atoms with Crippen LogP contribution in [-0.4, -0.2) is 0 Å². The molecule has 0 aliphatic carbocycles. The molecule has 36 heavy (non-hydrogen) atoms. The molecule has 0 saturated heterocycles. The molecule has 2 heteroatoms. The number of pyridine rings is 2. The molecule has 0 spiro atoms. The molecular weight excluding hydrogens is 436 g/mol. The van der Waals surface area contributed by atoms with Gasteiger partial charge in [-0.1, -0.05) is 72.8 Å². The lowest BCUT2D eigenvalue weighted by atomic mass is 9.81. The predicted octanol–water partition coefficient (Wildman–Crippen LogP) is 6.97. The fourth-order valence-corrected chi connectivity index (χ4v) is 6.14. The van der Waals surface area contributed by atoms with E-state index < -0.39 is 0 Å². The summed E-state index contributed by atoms with van der Waals surface area (Å²) in [6.45, 7) is 3.27. The van der Waals surface area contributed by atoms with Crippen molar-refractivity contribution in [2.45, 2.75) is 19.9 Å². The molecule has 0 bridgehead atoms. The number of fused-ring (bicyclic) bond motifs is 6. The number of aryl methyl sites for hydroxylation is 3. The van der Waals surface area contributed by atoms with Crippen molar-refractivity contribution in [3.05, 3.63) is 121 Å². The van der Waals surface area contributed by atoms with Crippen molar-refractivity contribution in [1.82, 2.24) is 0 Å². The third-order valence-corrected chi connectivity index (χ3v) is 7.78. The van der Waals surface area contributed by atoms with Gasteiger partial charge in [0.25, 0.3) is 0 Å². The third-order valence-electron chi connectivity index (χ3n) is 7.78. The summed E-state index contributed by atoms with van der Waals surface area (Å²) in [6.07, 6.45) is 5.49. The summed E-state index contributed by atoms with van der Waals surface area (Å²) in [7, 11) is 2.18. The average Bonchev–Trinajstić information content (AvgIpc) is 2.93. The highest BCUT2D eigenvalue weighted by molar-refractivity contribution is 6.04. The van der Waals surface area contributed by atoms with Crippen LogP contribution in [0.25, 0.3) is 55.2 Å². The molecule has 0 radical (unpaired) electrons. The molecule has 0 fully saturated rings. The summed E-state index contributed by atoms with van der Waals surface area (Å²) in [5.74, 6) is 0. The molecule has 1 aliphatic heterocycles. The molecule has 0 atom stereocenters. The summed E-state index contributed by atoms with van der Waals surface area (Å²) in [5, 5.41) is 5.16. The van der Waals surface area contributed by atoms with Crippen molar-refractivity contribution in [2.75, 3.05) is 0 Å². The second kappa shape index (κ2) is 8.13. The standard InChI is InChI=1S/C34H28N2/c1-23-22-30(24-10-4-3-5-11-24)29-18-21-36-20-17-26-13-7-9-15-28(26)34(36)32(29)31(23)33-27-14-8-6-12-25(27)16-19-35(33)2/h3-17,19-20,22H,18,21H2,1-2H3/q+2. The van der Waals surface area contributed by atoms with E-state index in [1.165, 1.54) is 66.3 Å². The van der Waals surface area contributed by atoms with Crippen LogP contribution in [0.2, 0.25) is 0 Å². The molecule has 4 aromatic carbocycles. The van der Waals surface area contributed by atoms with Gasteiger partial charge in [-0.15, -0.1) is 0 Å². The number of hydrogen-bond acceptors (Lipinski definition) is 0. The summed E-state index contributed by atoms with van der Waals surface area (Å²) in [5.41, 5.74) is 10.7. The van der Waals surface area contributed by atoms with Crippen molar-refractivity contribution < 1.29 is 9.13 Å². The molecule has 0 N–H and O–H groups in total. The Bertz CT molecular complexity index is 1800. The van der Waals surface area contributed by atoms with Crippen molar-refractivity contribution in [1.29, 1.82) is 0 Å². The fraction of sp³-hybridized carbons (Fsp3) is 0.118. The maximum absolute atomic E-state index is 2.47. The summed E-state index contributed by atoms with van der Waals surface area (Å²) in [4.78, 5) is 0. The van der Waals surface area contributed by atoms with Gasteiger partial charge >= 0.3 is 0 Å². The van der Waals surface area contributed by atoms with Crippen LogP contribution >= 0.6 is 0 Å². The largest absolute Gasteiger partial charge is 0.221 e. The average molecular weight is 465 g/mol. The number of nitrogens with zero attached hydrogens (tertiary/aromatic N) is 2. The van der Waals surface area contributed by atoms with Gasteiger partial charge in [0, 0.05) is 18.6 Å². The highest BCUT2D eigenvalue weighted by Gasteiger charge is 2.34. The highest BCUT2D eigenvalue weighted by atomic mass is 15.0. The molecule has 172 valence electrons. The van der Waals surface area contributed by atoms with Gasteiger partial charge in [-0.25, -0.2) is 4.57 Å². The van der Waals surface area contributed by atoms with Gasteiger partial charge in [0.1, 0.15) is 7.05 Å². The van der Waals surface area contributed by atoms with Crippen LogP contribution in [0.5, 0.6) is 0 Å². The Kier molecular flexibility index (Phi) is 4.75. The SMILES string of the molecule is Cc1cc(-c2ccccc2)c2c(c1-c1c3ccccc3cc[n+]1C)-c1c3ccccc3cc[n+]1CC2. The Hall–Kier alpha value is -4.30. The van der Waals surface area contributed by atoms with Gasteiger partial charge in [0.05, 0.1) is 21.9 Å². The van der Waals surface area contributed by atoms with E-state index in [1.807, 2.05) is 0 Å². The van der Waals surface area contributed by atoms with Crippen LogP contribution in [0.4, 0.5) is 0 Å².